The zero-order chi connectivity index (χ0) is 22.6. The minimum Gasteiger partial charge on any atom is -0.487 e. The van der Waals surface area contributed by atoms with Gasteiger partial charge >= 0.3 is 0 Å². The maximum absolute atomic E-state index is 14.6. The van der Waals surface area contributed by atoms with Gasteiger partial charge in [0.05, 0.1) is 18.5 Å². The Kier molecular flexibility index (Phi) is 5.91. The van der Waals surface area contributed by atoms with Crippen LogP contribution in [0.25, 0.3) is 5.57 Å². The van der Waals surface area contributed by atoms with Gasteiger partial charge in [-0.1, -0.05) is 6.08 Å². The lowest BCUT2D eigenvalue weighted by Gasteiger charge is -2.27. The molecule has 0 bridgehead atoms. The fourth-order valence-electron chi connectivity index (χ4n) is 4.94. The van der Waals surface area contributed by atoms with Crippen LogP contribution in [0.15, 0.2) is 18.2 Å². The summed E-state index contributed by atoms with van der Waals surface area (Å²) < 4.78 is 59.3. The lowest BCUT2D eigenvalue weighted by atomic mass is 10.00. The number of piperidine rings is 1. The second kappa shape index (κ2) is 8.10. The highest BCUT2D eigenvalue weighted by Gasteiger charge is 2.56. The Morgan fingerprint density at radius 3 is 2.29 bits per heavy atom. The van der Waals surface area contributed by atoms with E-state index < -0.39 is 27.3 Å². The van der Waals surface area contributed by atoms with Gasteiger partial charge in [-0.3, -0.25) is 4.90 Å². The number of hydrogen-bond donors (Lipinski definition) is 1. The van der Waals surface area contributed by atoms with Crippen LogP contribution in [0.4, 0.5) is 8.78 Å². The zero-order valence-electron chi connectivity index (χ0n) is 18.1. The molecule has 6 nitrogen and oxygen atoms in total. The van der Waals surface area contributed by atoms with Gasteiger partial charge < -0.3 is 9.84 Å². The van der Waals surface area contributed by atoms with Gasteiger partial charge in [0.25, 0.3) is 0 Å². The highest BCUT2D eigenvalue weighted by atomic mass is 32.2. The summed E-state index contributed by atoms with van der Waals surface area (Å²) in [5, 5.41) is 9.94. The van der Waals surface area contributed by atoms with Gasteiger partial charge in [0.2, 0.25) is 10.0 Å². The molecule has 2 fully saturated rings. The van der Waals surface area contributed by atoms with E-state index in [-0.39, 0.29) is 18.9 Å². The monoisotopic (exact) mass is 456 g/mol. The molecule has 1 aromatic rings. The predicted molar refractivity (Wildman–Crippen MR) is 114 cm³/mol. The summed E-state index contributed by atoms with van der Waals surface area (Å²) in [5.74, 6) is -0.626. The molecule has 0 radical (unpaired) electrons. The number of rotatable bonds is 7. The van der Waals surface area contributed by atoms with Gasteiger partial charge in [0, 0.05) is 38.6 Å². The number of nitrogens with zero attached hydrogens (tertiary/aromatic N) is 2. The van der Waals surface area contributed by atoms with E-state index in [2.05, 4.69) is 4.90 Å². The van der Waals surface area contributed by atoms with Crippen LogP contribution in [-0.4, -0.2) is 73.9 Å². The van der Waals surface area contributed by atoms with Crippen LogP contribution in [0.5, 0.6) is 5.75 Å². The molecule has 4 rings (SSSR count). The maximum Gasteiger partial charge on any atom is 0.211 e. The number of likely N-dealkylation sites (tertiary alicyclic amines) is 1. The van der Waals surface area contributed by atoms with Gasteiger partial charge in [-0.2, -0.15) is 4.31 Å². The molecule has 1 unspecified atom stereocenters. The van der Waals surface area contributed by atoms with Gasteiger partial charge in [-0.25, -0.2) is 17.2 Å². The van der Waals surface area contributed by atoms with Crippen molar-refractivity contribution in [3.05, 3.63) is 35.4 Å². The van der Waals surface area contributed by atoms with E-state index in [0.29, 0.717) is 42.8 Å². The molecule has 31 heavy (non-hydrogen) atoms. The lowest BCUT2D eigenvalue weighted by molar-refractivity contribution is 0.0380. The first-order valence-electron chi connectivity index (χ1n) is 10.6. The lowest BCUT2D eigenvalue weighted by Crippen LogP contribution is -2.39. The minimum atomic E-state index is -3.28. The van der Waals surface area contributed by atoms with Gasteiger partial charge in [0.15, 0.2) is 17.4 Å². The quantitative estimate of drug-likeness (QED) is 0.682. The third-order valence-corrected chi connectivity index (χ3v) is 7.76. The largest absolute Gasteiger partial charge is 0.487 e. The van der Waals surface area contributed by atoms with E-state index in [4.69, 9.17) is 4.74 Å². The van der Waals surface area contributed by atoms with E-state index in [9.17, 15) is 22.3 Å². The van der Waals surface area contributed by atoms with Crippen LogP contribution in [0.2, 0.25) is 0 Å². The molecule has 1 saturated carbocycles. The Labute approximate surface area is 182 Å². The molecule has 3 aliphatic rings. The highest BCUT2D eigenvalue weighted by molar-refractivity contribution is 7.88. The Balaban J connectivity index is 1.34. The van der Waals surface area contributed by atoms with Crippen LogP contribution in [0, 0.1) is 29.4 Å². The topological polar surface area (TPSA) is 70.1 Å². The second-order valence-corrected chi connectivity index (χ2v) is 11.7. The number of aliphatic hydroxyl groups is 1. The van der Waals surface area contributed by atoms with Crippen LogP contribution in [0.1, 0.15) is 25.8 Å². The molecule has 172 valence electrons. The third-order valence-electron chi connectivity index (χ3n) is 6.49. The molecule has 2 heterocycles. The molecule has 0 spiro atoms. The Morgan fingerprint density at radius 2 is 1.81 bits per heavy atom. The number of ether oxygens (including phenoxy) is 1. The van der Waals surface area contributed by atoms with Gasteiger partial charge in [-0.15, -0.1) is 0 Å². The SMILES string of the molecule is CC(C)(O)CN1CC2[C@@H](COc3c(F)cc(C4=CCN(S(C)(=O)=O)CC4)cc3F)[C@@H]2C1. The molecule has 1 N–H and O–H groups in total. The standard InChI is InChI=1S/C22H30F2N2O4S/c1-22(2,27)13-25-10-16-17(11-25)18(16)12-30-21-19(23)8-15(9-20(21)24)14-4-6-26(7-5-14)31(3,28)29/h4,8-9,16-18,27H,5-7,10-13H2,1-3H3/t16-,17?,18+/m1/s1. The molecular formula is C22H30F2N2O4S. The summed E-state index contributed by atoms with van der Waals surface area (Å²) in [6.07, 6.45) is 3.25. The average Bonchev–Trinajstić information content (AvgIpc) is 3.10. The van der Waals surface area contributed by atoms with E-state index in [1.165, 1.54) is 16.4 Å². The van der Waals surface area contributed by atoms with Crippen LogP contribution in [0.3, 0.4) is 0 Å². The fourth-order valence-corrected chi connectivity index (χ4v) is 5.71. The van der Waals surface area contributed by atoms with Crippen molar-refractivity contribution >= 4 is 15.6 Å². The third kappa shape index (κ3) is 5.10. The van der Waals surface area contributed by atoms with Crippen molar-refractivity contribution in [3.63, 3.8) is 0 Å². The highest BCUT2D eigenvalue weighted by Crippen LogP contribution is 2.52. The van der Waals surface area contributed by atoms with Crippen molar-refractivity contribution in [1.29, 1.82) is 0 Å². The number of hydrogen-bond acceptors (Lipinski definition) is 5. The second-order valence-electron chi connectivity index (χ2n) is 9.68. The van der Waals surface area contributed by atoms with E-state index in [0.717, 1.165) is 24.9 Å². The summed E-state index contributed by atoms with van der Waals surface area (Å²) >= 11 is 0. The van der Waals surface area contributed by atoms with Crippen LogP contribution in [-0.2, 0) is 10.0 Å². The molecule has 1 aromatic carbocycles. The normalized spacial score (nSPS) is 27.2. The van der Waals surface area contributed by atoms with Crippen LogP contribution >= 0.6 is 0 Å². The van der Waals surface area contributed by atoms with Crippen molar-refractivity contribution in [1.82, 2.24) is 9.21 Å². The zero-order valence-corrected chi connectivity index (χ0v) is 19.0. The number of β-amino-alcohol motifs (C(OH)–C–C–N with tert-alkyl or cyclic N) is 1. The van der Waals surface area contributed by atoms with Crippen molar-refractivity contribution in [2.24, 2.45) is 17.8 Å². The first-order chi connectivity index (χ1) is 14.4. The maximum atomic E-state index is 14.6. The number of benzene rings is 1. The number of halogens is 2. The van der Waals surface area contributed by atoms with Gasteiger partial charge in [0.1, 0.15) is 0 Å². The Bertz CT molecular complexity index is 955. The van der Waals surface area contributed by atoms with Crippen LogP contribution < -0.4 is 4.74 Å². The number of fused-ring (bicyclic) bond motifs is 1. The molecule has 1 saturated heterocycles. The minimum absolute atomic E-state index is 0.199. The summed E-state index contributed by atoms with van der Waals surface area (Å²) in [6.45, 7) is 6.73. The molecule has 1 aliphatic carbocycles. The van der Waals surface area contributed by atoms with E-state index in [1.807, 2.05) is 0 Å². The first-order valence-corrected chi connectivity index (χ1v) is 12.5. The van der Waals surface area contributed by atoms with Crippen molar-refractivity contribution < 1.29 is 27.0 Å². The van der Waals surface area contributed by atoms with Gasteiger partial charge in [-0.05, 0) is 55.4 Å². The average molecular weight is 457 g/mol. The summed E-state index contributed by atoms with van der Waals surface area (Å²) in [4.78, 5) is 2.23. The fraction of sp³-hybridized carbons (Fsp3) is 0.636. The van der Waals surface area contributed by atoms with E-state index >= 15 is 0 Å². The van der Waals surface area contributed by atoms with Crippen molar-refractivity contribution in [2.75, 3.05) is 45.6 Å². The number of sulfonamides is 1. The molecule has 2 aliphatic heterocycles. The molecule has 3 atom stereocenters. The molecule has 0 amide bonds. The first kappa shape index (κ1) is 22.6. The molecule has 9 heteroatoms. The van der Waals surface area contributed by atoms with Crippen molar-refractivity contribution in [2.45, 2.75) is 25.9 Å². The molecule has 0 aromatic heterocycles. The Hall–Kier alpha value is -1.55. The Morgan fingerprint density at radius 1 is 1.19 bits per heavy atom. The van der Waals surface area contributed by atoms with Crippen molar-refractivity contribution in [3.8, 4) is 5.75 Å². The predicted octanol–water partition coefficient (Wildman–Crippen LogP) is 2.34. The van der Waals surface area contributed by atoms with E-state index in [1.54, 1.807) is 19.9 Å². The summed E-state index contributed by atoms with van der Waals surface area (Å²) in [7, 11) is -3.28. The smallest absolute Gasteiger partial charge is 0.211 e. The molecular weight excluding hydrogens is 426 g/mol. The summed E-state index contributed by atoms with van der Waals surface area (Å²) in [5.41, 5.74) is 0.419. The summed E-state index contributed by atoms with van der Waals surface area (Å²) in [6, 6.07) is 2.53.